The number of aromatic amines is 1. The van der Waals surface area contributed by atoms with E-state index in [4.69, 9.17) is 5.73 Å². The predicted molar refractivity (Wildman–Crippen MR) is 63.3 cm³/mol. The number of nitrogen functional groups attached to an aromatic ring is 1. The second-order valence-electron chi connectivity index (χ2n) is 3.60. The summed E-state index contributed by atoms with van der Waals surface area (Å²) in [6.07, 6.45) is 2.13. The van der Waals surface area contributed by atoms with E-state index in [0.717, 1.165) is 6.42 Å². The molecule has 1 heterocycles. The van der Waals surface area contributed by atoms with E-state index in [0.29, 0.717) is 6.54 Å². The Bertz CT molecular complexity index is 401. The molecule has 1 aromatic heterocycles. The van der Waals surface area contributed by atoms with Gasteiger partial charge in [0.15, 0.2) is 0 Å². The van der Waals surface area contributed by atoms with Crippen molar-refractivity contribution in [1.29, 1.82) is 0 Å². The van der Waals surface area contributed by atoms with E-state index in [1.807, 2.05) is 6.92 Å². The highest BCUT2D eigenvalue weighted by molar-refractivity contribution is 5.98. The molecule has 94 valence electrons. The van der Waals surface area contributed by atoms with Crippen LogP contribution in [-0.4, -0.2) is 47.0 Å². The van der Waals surface area contributed by atoms with Gasteiger partial charge in [-0.1, -0.05) is 6.92 Å². The molecule has 7 heteroatoms. The second kappa shape index (κ2) is 5.88. The van der Waals surface area contributed by atoms with Crippen LogP contribution in [0.3, 0.4) is 0 Å². The Morgan fingerprint density at radius 3 is 2.76 bits per heavy atom. The number of aromatic nitrogens is 2. The molecule has 0 saturated carbocycles. The highest BCUT2D eigenvalue weighted by Gasteiger charge is 2.20. The smallest absolute Gasteiger partial charge is 0.274 e. The number of amides is 2. The number of H-pyrrole nitrogens is 1. The summed E-state index contributed by atoms with van der Waals surface area (Å²) < 4.78 is 0. The Kier molecular flexibility index (Phi) is 4.50. The molecule has 0 radical (unpaired) electrons. The summed E-state index contributed by atoms with van der Waals surface area (Å²) in [4.78, 5) is 24.8. The molecule has 1 aromatic rings. The molecular weight excluding hydrogens is 222 g/mol. The van der Waals surface area contributed by atoms with Crippen molar-refractivity contribution in [3.63, 3.8) is 0 Å². The predicted octanol–water partition coefficient (Wildman–Crippen LogP) is -0.410. The molecule has 0 fully saturated rings. The van der Waals surface area contributed by atoms with E-state index >= 15 is 0 Å². The molecule has 0 saturated heterocycles. The fourth-order valence-electron chi connectivity index (χ4n) is 1.40. The van der Waals surface area contributed by atoms with Crippen molar-refractivity contribution in [1.82, 2.24) is 20.4 Å². The minimum absolute atomic E-state index is 0.0155. The number of likely N-dealkylation sites (N-methyl/N-ethyl adjacent to an activating group) is 1. The SMILES string of the molecule is CCCN(CC(=O)NC)C(=O)c1[nH]ncc1N. The van der Waals surface area contributed by atoms with Crippen LogP contribution in [0.1, 0.15) is 23.8 Å². The standard InChI is InChI=1S/C10H17N5O2/c1-3-4-15(6-8(16)12-2)10(17)9-7(11)5-13-14-9/h5H,3-4,6,11H2,1-2H3,(H,12,16)(H,13,14). The lowest BCUT2D eigenvalue weighted by Gasteiger charge is -2.20. The van der Waals surface area contributed by atoms with Crippen LogP contribution in [0.25, 0.3) is 0 Å². The van der Waals surface area contributed by atoms with Crippen LogP contribution >= 0.6 is 0 Å². The minimum atomic E-state index is -0.314. The number of hydrogen-bond donors (Lipinski definition) is 3. The molecule has 0 atom stereocenters. The average molecular weight is 239 g/mol. The largest absolute Gasteiger partial charge is 0.396 e. The van der Waals surface area contributed by atoms with E-state index in [2.05, 4.69) is 15.5 Å². The lowest BCUT2D eigenvalue weighted by atomic mass is 10.3. The maximum atomic E-state index is 12.1. The quantitative estimate of drug-likeness (QED) is 0.649. The van der Waals surface area contributed by atoms with Crippen LogP contribution in [0.5, 0.6) is 0 Å². The molecule has 0 unspecified atom stereocenters. The van der Waals surface area contributed by atoms with Gasteiger partial charge in [-0.15, -0.1) is 0 Å². The van der Waals surface area contributed by atoms with Crippen molar-refractivity contribution in [3.05, 3.63) is 11.9 Å². The maximum Gasteiger partial charge on any atom is 0.274 e. The lowest BCUT2D eigenvalue weighted by molar-refractivity contribution is -0.121. The van der Waals surface area contributed by atoms with Crippen molar-refractivity contribution in [3.8, 4) is 0 Å². The number of rotatable bonds is 5. The molecule has 4 N–H and O–H groups in total. The van der Waals surface area contributed by atoms with E-state index in [1.165, 1.54) is 18.1 Å². The molecule has 7 nitrogen and oxygen atoms in total. The first-order valence-electron chi connectivity index (χ1n) is 5.38. The zero-order chi connectivity index (χ0) is 12.8. The summed E-state index contributed by atoms with van der Waals surface area (Å²) in [6.45, 7) is 2.44. The number of nitrogens with zero attached hydrogens (tertiary/aromatic N) is 2. The first-order valence-corrected chi connectivity index (χ1v) is 5.38. The van der Waals surface area contributed by atoms with Gasteiger partial charge in [-0.05, 0) is 6.42 Å². The third kappa shape index (κ3) is 3.20. The van der Waals surface area contributed by atoms with Crippen molar-refractivity contribution >= 4 is 17.5 Å². The summed E-state index contributed by atoms with van der Waals surface area (Å²) in [7, 11) is 1.53. The number of nitrogens with one attached hydrogen (secondary N) is 2. The number of carbonyl (C=O) groups excluding carboxylic acids is 2. The number of anilines is 1. The summed E-state index contributed by atoms with van der Waals surface area (Å²) in [6, 6.07) is 0. The van der Waals surface area contributed by atoms with Crippen LogP contribution in [0, 0.1) is 0 Å². The summed E-state index contributed by atoms with van der Waals surface area (Å²) in [5, 5.41) is 8.70. The van der Waals surface area contributed by atoms with Crippen molar-refractivity contribution in [2.75, 3.05) is 25.9 Å². The molecule has 0 aliphatic carbocycles. The van der Waals surface area contributed by atoms with Gasteiger partial charge in [-0.3, -0.25) is 14.7 Å². The minimum Gasteiger partial charge on any atom is -0.396 e. The highest BCUT2D eigenvalue weighted by Crippen LogP contribution is 2.10. The molecule has 1 rings (SSSR count). The van der Waals surface area contributed by atoms with Crippen LogP contribution < -0.4 is 11.1 Å². The van der Waals surface area contributed by atoms with Gasteiger partial charge in [-0.25, -0.2) is 0 Å². The van der Waals surface area contributed by atoms with Gasteiger partial charge in [0.1, 0.15) is 5.69 Å². The molecule has 0 aromatic carbocycles. The van der Waals surface area contributed by atoms with E-state index in [1.54, 1.807) is 0 Å². The van der Waals surface area contributed by atoms with Gasteiger partial charge in [0.2, 0.25) is 5.91 Å². The molecule has 17 heavy (non-hydrogen) atoms. The number of nitrogens with two attached hydrogens (primary N) is 1. The van der Waals surface area contributed by atoms with E-state index < -0.39 is 0 Å². The van der Waals surface area contributed by atoms with Gasteiger partial charge in [-0.2, -0.15) is 5.10 Å². The van der Waals surface area contributed by atoms with Crippen LogP contribution in [0.2, 0.25) is 0 Å². The highest BCUT2D eigenvalue weighted by atomic mass is 16.2. The van der Waals surface area contributed by atoms with Crippen molar-refractivity contribution in [2.45, 2.75) is 13.3 Å². The fraction of sp³-hybridized carbons (Fsp3) is 0.500. The van der Waals surface area contributed by atoms with Crippen LogP contribution in [-0.2, 0) is 4.79 Å². The molecular formula is C10H17N5O2. The summed E-state index contributed by atoms with van der Waals surface area (Å²) in [5.74, 6) is -0.532. The van der Waals surface area contributed by atoms with Gasteiger partial charge < -0.3 is 16.0 Å². The normalized spacial score (nSPS) is 10.0. The average Bonchev–Trinajstić information content (AvgIpc) is 2.73. The third-order valence-corrected chi connectivity index (χ3v) is 2.28. The second-order valence-corrected chi connectivity index (χ2v) is 3.60. The Morgan fingerprint density at radius 2 is 2.29 bits per heavy atom. The van der Waals surface area contributed by atoms with Crippen molar-refractivity contribution < 1.29 is 9.59 Å². The van der Waals surface area contributed by atoms with Crippen molar-refractivity contribution in [2.24, 2.45) is 0 Å². The van der Waals surface area contributed by atoms with Crippen LogP contribution in [0.15, 0.2) is 6.20 Å². The summed E-state index contributed by atoms with van der Waals surface area (Å²) in [5.41, 5.74) is 6.11. The molecule has 2 amide bonds. The number of hydrogen-bond acceptors (Lipinski definition) is 4. The Morgan fingerprint density at radius 1 is 1.59 bits per heavy atom. The Labute approximate surface area is 99.4 Å². The first kappa shape index (κ1) is 13.0. The topological polar surface area (TPSA) is 104 Å². The molecule has 0 bridgehead atoms. The van der Waals surface area contributed by atoms with Gasteiger partial charge >= 0.3 is 0 Å². The third-order valence-electron chi connectivity index (χ3n) is 2.28. The first-order chi connectivity index (χ1) is 8.10. The fourth-order valence-corrected chi connectivity index (χ4v) is 1.40. The lowest BCUT2D eigenvalue weighted by Crippen LogP contribution is -2.40. The Balaban J connectivity index is 2.80. The zero-order valence-corrected chi connectivity index (χ0v) is 9.99. The van der Waals surface area contributed by atoms with Gasteiger partial charge in [0.05, 0.1) is 18.4 Å². The molecule has 0 aliphatic rings. The summed E-state index contributed by atoms with van der Waals surface area (Å²) >= 11 is 0. The Hall–Kier alpha value is -2.05. The van der Waals surface area contributed by atoms with Crippen LogP contribution in [0.4, 0.5) is 5.69 Å². The van der Waals surface area contributed by atoms with Gasteiger partial charge in [0.25, 0.3) is 5.91 Å². The van der Waals surface area contributed by atoms with E-state index in [9.17, 15) is 9.59 Å². The van der Waals surface area contributed by atoms with E-state index in [-0.39, 0.29) is 29.7 Å². The zero-order valence-electron chi connectivity index (χ0n) is 9.99. The maximum absolute atomic E-state index is 12.1. The van der Waals surface area contributed by atoms with Gasteiger partial charge in [0, 0.05) is 13.6 Å². The molecule has 0 spiro atoms. The number of carbonyl (C=O) groups is 2. The monoisotopic (exact) mass is 239 g/mol. The molecule has 0 aliphatic heterocycles.